The van der Waals surface area contributed by atoms with Crippen molar-refractivity contribution in [3.8, 4) is 0 Å². The summed E-state index contributed by atoms with van der Waals surface area (Å²) >= 11 is 0. The van der Waals surface area contributed by atoms with Crippen LogP contribution in [-0.4, -0.2) is 34.9 Å². The Morgan fingerprint density at radius 3 is 2.38 bits per heavy atom. The average Bonchev–Trinajstić information content (AvgIpc) is 2.31. The van der Waals surface area contributed by atoms with Crippen LogP contribution >= 0.6 is 0 Å². The highest BCUT2D eigenvalue weighted by Crippen LogP contribution is 2.58. The average molecular weight is 294 g/mol. The van der Waals surface area contributed by atoms with Gasteiger partial charge in [0.25, 0.3) is 0 Å². The van der Waals surface area contributed by atoms with Gasteiger partial charge in [0.2, 0.25) is 0 Å². The van der Waals surface area contributed by atoms with Gasteiger partial charge in [0, 0.05) is 13.3 Å². The van der Waals surface area contributed by atoms with E-state index in [1.807, 2.05) is 0 Å². The second-order valence-corrected chi connectivity index (χ2v) is 7.14. The minimum Gasteiger partial charge on any atom is -0.461 e. The van der Waals surface area contributed by atoms with E-state index in [1.165, 1.54) is 6.92 Å². The van der Waals surface area contributed by atoms with E-state index in [-0.39, 0.29) is 12.2 Å². The van der Waals surface area contributed by atoms with Crippen LogP contribution in [0.4, 0.5) is 0 Å². The van der Waals surface area contributed by atoms with E-state index in [2.05, 4.69) is 6.58 Å². The van der Waals surface area contributed by atoms with Gasteiger partial charge >= 0.3 is 11.9 Å². The highest BCUT2D eigenvalue weighted by molar-refractivity contribution is 5.88. The minimum atomic E-state index is -0.665. The topological polar surface area (TPSA) is 72.8 Å². The summed E-state index contributed by atoms with van der Waals surface area (Å²) in [5, 5.41) is 10.6. The van der Waals surface area contributed by atoms with Gasteiger partial charge in [-0.15, -0.1) is 0 Å². The monoisotopic (exact) mass is 294 g/mol. The zero-order chi connectivity index (χ0) is 15.3. The largest absolute Gasteiger partial charge is 0.461 e. The fourth-order valence-electron chi connectivity index (χ4n) is 4.77. The van der Waals surface area contributed by atoms with Crippen LogP contribution in [0.3, 0.4) is 0 Å². The van der Waals surface area contributed by atoms with Crippen LogP contribution in [0.2, 0.25) is 0 Å². The van der Waals surface area contributed by atoms with Crippen molar-refractivity contribution in [3.63, 3.8) is 0 Å². The van der Waals surface area contributed by atoms with Crippen molar-refractivity contribution in [2.24, 2.45) is 11.8 Å². The molecule has 0 radical (unpaired) electrons. The Bertz CT molecular complexity index is 481. The van der Waals surface area contributed by atoms with Crippen molar-refractivity contribution in [3.05, 3.63) is 12.2 Å². The molecule has 4 aliphatic carbocycles. The first-order valence-electron chi connectivity index (χ1n) is 7.56. The molecular formula is C16H22O5. The lowest BCUT2D eigenvalue weighted by Crippen LogP contribution is -2.60. The molecule has 2 unspecified atom stereocenters. The van der Waals surface area contributed by atoms with Crippen molar-refractivity contribution in [1.82, 2.24) is 0 Å². The molecule has 5 heteroatoms. The molecular weight excluding hydrogens is 272 g/mol. The molecule has 0 saturated heterocycles. The van der Waals surface area contributed by atoms with Gasteiger partial charge in [-0.2, -0.15) is 0 Å². The van der Waals surface area contributed by atoms with Crippen LogP contribution in [0.25, 0.3) is 0 Å². The standard InChI is InChI=1S/C16H22O5/c1-10(8-20-11(2)17)14(18)21-16-6-12-3-13(7-16)5-15(19,4-12)9-16/h12-13,19H,1,3-9H2,2H3. The zero-order valence-corrected chi connectivity index (χ0v) is 12.4. The molecule has 0 spiro atoms. The van der Waals surface area contributed by atoms with Crippen molar-refractivity contribution >= 4 is 11.9 Å². The number of hydrogen-bond acceptors (Lipinski definition) is 5. The molecule has 4 rings (SSSR count). The van der Waals surface area contributed by atoms with Gasteiger partial charge in [0.15, 0.2) is 0 Å². The lowest BCUT2D eigenvalue weighted by atomic mass is 9.52. The molecule has 4 fully saturated rings. The van der Waals surface area contributed by atoms with Crippen LogP contribution in [0.15, 0.2) is 12.2 Å². The quantitative estimate of drug-likeness (QED) is 0.631. The first-order chi connectivity index (χ1) is 9.79. The number of carbonyl (C=O) groups is 2. The molecule has 0 aliphatic heterocycles. The van der Waals surface area contributed by atoms with E-state index in [4.69, 9.17) is 9.47 Å². The third-order valence-electron chi connectivity index (χ3n) is 5.02. The molecule has 0 aromatic heterocycles. The van der Waals surface area contributed by atoms with E-state index >= 15 is 0 Å². The lowest BCUT2D eigenvalue weighted by Gasteiger charge is -2.59. The number of rotatable bonds is 4. The molecule has 21 heavy (non-hydrogen) atoms. The second kappa shape index (κ2) is 4.83. The predicted molar refractivity (Wildman–Crippen MR) is 74.2 cm³/mol. The van der Waals surface area contributed by atoms with E-state index in [0.717, 1.165) is 32.1 Å². The maximum absolute atomic E-state index is 12.1. The highest BCUT2D eigenvalue weighted by Gasteiger charge is 2.59. The molecule has 0 amide bonds. The molecule has 0 heterocycles. The van der Waals surface area contributed by atoms with Crippen LogP contribution in [0.5, 0.6) is 0 Å². The van der Waals surface area contributed by atoms with Gasteiger partial charge in [-0.05, 0) is 43.9 Å². The first kappa shape index (κ1) is 14.6. The minimum absolute atomic E-state index is 0.138. The Morgan fingerprint density at radius 2 is 1.86 bits per heavy atom. The van der Waals surface area contributed by atoms with Crippen molar-refractivity contribution in [2.45, 2.75) is 56.7 Å². The van der Waals surface area contributed by atoms with Crippen LogP contribution in [-0.2, 0) is 19.1 Å². The third kappa shape index (κ3) is 2.84. The highest BCUT2D eigenvalue weighted by atomic mass is 16.6. The van der Waals surface area contributed by atoms with Crippen LogP contribution < -0.4 is 0 Å². The lowest BCUT2D eigenvalue weighted by molar-refractivity contribution is -0.217. The predicted octanol–water partition coefficient (Wildman–Crippen LogP) is 1.73. The van der Waals surface area contributed by atoms with Crippen molar-refractivity contribution in [1.29, 1.82) is 0 Å². The molecule has 4 saturated carbocycles. The number of esters is 2. The molecule has 0 aromatic carbocycles. The Kier molecular flexibility index (Phi) is 3.35. The summed E-state index contributed by atoms with van der Waals surface area (Å²) in [7, 11) is 0. The van der Waals surface area contributed by atoms with Gasteiger partial charge in [-0.25, -0.2) is 4.79 Å². The second-order valence-electron chi connectivity index (χ2n) is 7.14. The maximum atomic E-state index is 12.1. The summed E-state index contributed by atoms with van der Waals surface area (Å²) in [6.07, 6.45) is 4.99. The number of aliphatic hydroxyl groups is 1. The van der Waals surface area contributed by atoms with E-state index in [1.54, 1.807) is 0 Å². The van der Waals surface area contributed by atoms with Gasteiger partial charge < -0.3 is 14.6 Å². The SMILES string of the molecule is C=C(COC(C)=O)C(=O)OC12CC3CC(CC(O)(C3)C1)C2. The summed E-state index contributed by atoms with van der Waals surface area (Å²) in [6.45, 7) is 4.78. The molecule has 5 nitrogen and oxygen atoms in total. The zero-order valence-electron chi connectivity index (χ0n) is 12.4. The fourth-order valence-corrected chi connectivity index (χ4v) is 4.77. The van der Waals surface area contributed by atoms with Gasteiger partial charge in [0.05, 0.1) is 11.2 Å². The number of carbonyl (C=O) groups excluding carboxylic acids is 2. The van der Waals surface area contributed by atoms with E-state index in [9.17, 15) is 14.7 Å². The molecule has 0 aromatic rings. The van der Waals surface area contributed by atoms with Gasteiger partial charge in [-0.1, -0.05) is 6.58 Å². The number of ether oxygens (including phenoxy) is 2. The molecule has 4 bridgehead atoms. The van der Waals surface area contributed by atoms with E-state index in [0.29, 0.717) is 18.3 Å². The summed E-state index contributed by atoms with van der Waals surface area (Å²) in [5.74, 6) is -0.0635. The molecule has 2 atom stereocenters. The summed E-state index contributed by atoms with van der Waals surface area (Å²) in [6, 6.07) is 0. The van der Waals surface area contributed by atoms with Crippen molar-refractivity contribution < 1.29 is 24.2 Å². The summed E-state index contributed by atoms with van der Waals surface area (Å²) in [4.78, 5) is 22.9. The molecule has 1 N–H and O–H groups in total. The molecule has 4 aliphatic rings. The van der Waals surface area contributed by atoms with Gasteiger partial charge in [0.1, 0.15) is 12.2 Å². The van der Waals surface area contributed by atoms with E-state index < -0.39 is 23.1 Å². The van der Waals surface area contributed by atoms with Gasteiger partial charge in [-0.3, -0.25) is 4.79 Å². The fraction of sp³-hybridized carbons (Fsp3) is 0.750. The Morgan fingerprint density at radius 1 is 1.24 bits per heavy atom. The smallest absolute Gasteiger partial charge is 0.337 e. The first-order valence-corrected chi connectivity index (χ1v) is 7.56. The third-order valence-corrected chi connectivity index (χ3v) is 5.02. The van der Waals surface area contributed by atoms with Crippen LogP contribution in [0.1, 0.15) is 45.4 Å². The number of hydrogen-bond donors (Lipinski definition) is 1. The maximum Gasteiger partial charge on any atom is 0.337 e. The van der Waals surface area contributed by atoms with Crippen molar-refractivity contribution in [2.75, 3.05) is 6.61 Å². The Hall–Kier alpha value is -1.36. The summed E-state index contributed by atoms with van der Waals surface area (Å²) < 4.78 is 10.5. The van der Waals surface area contributed by atoms with Crippen LogP contribution in [0, 0.1) is 11.8 Å². The molecule has 116 valence electrons. The summed E-state index contributed by atoms with van der Waals surface area (Å²) in [5.41, 5.74) is -1.07. The Labute approximate surface area is 124 Å². The Balaban J connectivity index is 1.66. The normalized spacial score (nSPS) is 39.9.